The van der Waals surface area contributed by atoms with E-state index in [-0.39, 0.29) is 5.54 Å². The number of carbonyl (C=O) groups excluding carboxylic acids is 1. The van der Waals surface area contributed by atoms with Gasteiger partial charge in [-0.3, -0.25) is 4.90 Å². The minimum atomic E-state index is 0.266. The molecule has 1 aliphatic carbocycles. The van der Waals surface area contributed by atoms with Crippen LogP contribution in [0.15, 0.2) is 0 Å². The van der Waals surface area contributed by atoms with Crippen LogP contribution in [0, 0.1) is 11.8 Å². The maximum atomic E-state index is 10.6. The Labute approximate surface area is 80.3 Å². The van der Waals surface area contributed by atoms with Crippen LogP contribution in [0.4, 0.5) is 0 Å². The van der Waals surface area contributed by atoms with Crippen molar-refractivity contribution < 1.29 is 4.79 Å². The summed E-state index contributed by atoms with van der Waals surface area (Å²) in [5.74, 6) is 0.985. The number of hydrogen-bond donors (Lipinski definition) is 0. The number of carbonyl (C=O) groups is 1. The van der Waals surface area contributed by atoms with E-state index in [4.69, 9.17) is 0 Å². The number of rotatable bonds is 3. The van der Waals surface area contributed by atoms with E-state index in [1.165, 1.54) is 25.9 Å². The van der Waals surface area contributed by atoms with E-state index in [1.807, 2.05) is 0 Å². The molecule has 2 heteroatoms. The lowest BCUT2D eigenvalue weighted by molar-refractivity contribution is -0.109. The molecule has 2 atom stereocenters. The molecule has 0 aromatic carbocycles. The molecule has 2 fully saturated rings. The number of aldehydes is 1. The number of hydrogen-bond acceptors (Lipinski definition) is 2. The molecular weight excluding hydrogens is 162 g/mol. The molecule has 0 amide bonds. The van der Waals surface area contributed by atoms with Gasteiger partial charge < -0.3 is 4.79 Å². The Kier molecular flexibility index (Phi) is 2.18. The van der Waals surface area contributed by atoms with Crippen LogP contribution < -0.4 is 0 Å². The Morgan fingerprint density at radius 2 is 1.92 bits per heavy atom. The number of likely N-dealkylation sites (tertiary alicyclic amines) is 1. The smallest absolute Gasteiger partial charge is 0.123 e. The summed E-state index contributed by atoms with van der Waals surface area (Å²) in [6.07, 6.45) is 4.93. The summed E-state index contributed by atoms with van der Waals surface area (Å²) in [5.41, 5.74) is 0.266. The lowest BCUT2D eigenvalue weighted by Crippen LogP contribution is -2.44. The second-order valence-corrected chi connectivity index (χ2v) is 4.99. The van der Waals surface area contributed by atoms with Gasteiger partial charge in [0.25, 0.3) is 0 Å². The monoisotopic (exact) mass is 181 g/mol. The van der Waals surface area contributed by atoms with Gasteiger partial charge in [-0.25, -0.2) is 0 Å². The Hall–Kier alpha value is -0.370. The van der Waals surface area contributed by atoms with Crippen molar-refractivity contribution in [3.63, 3.8) is 0 Å². The molecule has 1 aliphatic heterocycles. The first-order chi connectivity index (χ1) is 6.16. The van der Waals surface area contributed by atoms with Gasteiger partial charge in [0.2, 0.25) is 0 Å². The molecule has 74 valence electrons. The topological polar surface area (TPSA) is 20.3 Å². The second-order valence-electron chi connectivity index (χ2n) is 4.99. The minimum Gasteiger partial charge on any atom is -0.303 e. The van der Waals surface area contributed by atoms with Crippen LogP contribution >= 0.6 is 0 Å². The molecule has 1 heterocycles. The molecule has 2 rings (SSSR count). The molecule has 13 heavy (non-hydrogen) atoms. The van der Waals surface area contributed by atoms with E-state index in [9.17, 15) is 4.79 Å². The Balaban J connectivity index is 1.98. The van der Waals surface area contributed by atoms with Crippen LogP contribution in [0.3, 0.4) is 0 Å². The fraction of sp³-hybridized carbons (Fsp3) is 0.909. The van der Waals surface area contributed by atoms with Gasteiger partial charge >= 0.3 is 0 Å². The first-order valence-corrected chi connectivity index (χ1v) is 5.36. The van der Waals surface area contributed by atoms with Gasteiger partial charge in [-0.05, 0) is 52.1 Å². The van der Waals surface area contributed by atoms with E-state index in [0.717, 1.165) is 12.7 Å². The molecule has 2 aliphatic rings. The second kappa shape index (κ2) is 3.09. The SMILES string of the molecule is CC(C)([C@H]1C[C@@H]1C=O)N1CCCC1. The number of nitrogens with zero attached hydrogens (tertiary/aromatic N) is 1. The van der Waals surface area contributed by atoms with Crippen LogP contribution in [-0.2, 0) is 4.79 Å². The summed E-state index contributed by atoms with van der Waals surface area (Å²) in [6, 6.07) is 0. The summed E-state index contributed by atoms with van der Waals surface area (Å²) in [4.78, 5) is 13.2. The van der Waals surface area contributed by atoms with E-state index in [1.54, 1.807) is 0 Å². The fourth-order valence-corrected chi connectivity index (χ4v) is 2.71. The van der Waals surface area contributed by atoms with Crippen molar-refractivity contribution in [1.82, 2.24) is 4.90 Å². The van der Waals surface area contributed by atoms with Crippen molar-refractivity contribution in [2.75, 3.05) is 13.1 Å². The van der Waals surface area contributed by atoms with Crippen LogP contribution in [-0.4, -0.2) is 29.8 Å². The molecule has 1 saturated heterocycles. The van der Waals surface area contributed by atoms with Crippen LogP contribution in [0.5, 0.6) is 0 Å². The van der Waals surface area contributed by atoms with Crippen molar-refractivity contribution >= 4 is 6.29 Å². The van der Waals surface area contributed by atoms with Gasteiger partial charge in [-0.15, -0.1) is 0 Å². The molecule has 2 nitrogen and oxygen atoms in total. The standard InChI is InChI=1S/C11H19NO/c1-11(2,10-7-9(10)8-13)12-5-3-4-6-12/h8-10H,3-7H2,1-2H3/t9-,10+/m1/s1. The summed E-state index contributed by atoms with van der Waals surface area (Å²) in [7, 11) is 0. The summed E-state index contributed by atoms with van der Waals surface area (Å²) < 4.78 is 0. The third-order valence-electron chi connectivity index (χ3n) is 3.84. The van der Waals surface area contributed by atoms with Crippen molar-refractivity contribution in [2.45, 2.75) is 38.6 Å². The van der Waals surface area contributed by atoms with Gasteiger partial charge in [-0.1, -0.05) is 0 Å². The minimum absolute atomic E-state index is 0.266. The highest BCUT2D eigenvalue weighted by Gasteiger charge is 2.50. The molecule has 0 radical (unpaired) electrons. The molecule has 1 saturated carbocycles. The fourth-order valence-electron chi connectivity index (χ4n) is 2.71. The highest BCUT2D eigenvalue weighted by atomic mass is 16.1. The third kappa shape index (κ3) is 1.52. The van der Waals surface area contributed by atoms with Gasteiger partial charge in [0, 0.05) is 11.5 Å². The first-order valence-electron chi connectivity index (χ1n) is 5.36. The predicted octanol–water partition coefficient (Wildman–Crippen LogP) is 1.70. The Bertz CT molecular complexity index is 206. The zero-order valence-corrected chi connectivity index (χ0v) is 8.62. The zero-order chi connectivity index (χ0) is 9.47. The lowest BCUT2D eigenvalue weighted by atomic mass is 9.95. The lowest BCUT2D eigenvalue weighted by Gasteiger charge is -2.36. The van der Waals surface area contributed by atoms with Crippen LogP contribution in [0.1, 0.15) is 33.1 Å². The normalized spacial score (nSPS) is 34.9. The maximum absolute atomic E-state index is 10.6. The van der Waals surface area contributed by atoms with Crippen molar-refractivity contribution in [1.29, 1.82) is 0 Å². The Morgan fingerprint density at radius 1 is 1.31 bits per heavy atom. The quantitative estimate of drug-likeness (QED) is 0.618. The van der Waals surface area contributed by atoms with Gasteiger partial charge in [-0.2, -0.15) is 0 Å². The molecule has 0 aromatic rings. The predicted molar refractivity (Wildman–Crippen MR) is 52.5 cm³/mol. The highest BCUT2D eigenvalue weighted by Crippen LogP contribution is 2.48. The molecule has 0 aromatic heterocycles. The summed E-state index contributed by atoms with van der Waals surface area (Å²) in [5, 5.41) is 0. The largest absolute Gasteiger partial charge is 0.303 e. The molecule has 0 unspecified atom stereocenters. The van der Waals surface area contributed by atoms with Crippen molar-refractivity contribution in [3.8, 4) is 0 Å². The van der Waals surface area contributed by atoms with E-state index in [2.05, 4.69) is 18.7 Å². The van der Waals surface area contributed by atoms with Gasteiger partial charge in [0.1, 0.15) is 6.29 Å². The van der Waals surface area contributed by atoms with E-state index < -0.39 is 0 Å². The van der Waals surface area contributed by atoms with Crippen molar-refractivity contribution in [3.05, 3.63) is 0 Å². The van der Waals surface area contributed by atoms with Gasteiger partial charge in [0.05, 0.1) is 0 Å². The van der Waals surface area contributed by atoms with E-state index in [0.29, 0.717) is 11.8 Å². The third-order valence-corrected chi connectivity index (χ3v) is 3.84. The summed E-state index contributed by atoms with van der Waals surface area (Å²) in [6.45, 7) is 7.06. The zero-order valence-electron chi connectivity index (χ0n) is 8.62. The average molecular weight is 181 g/mol. The van der Waals surface area contributed by atoms with Crippen LogP contribution in [0.2, 0.25) is 0 Å². The average Bonchev–Trinajstić information content (AvgIpc) is 2.70. The molecule has 0 N–H and O–H groups in total. The van der Waals surface area contributed by atoms with Gasteiger partial charge in [0.15, 0.2) is 0 Å². The Morgan fingerprint density at radius 3 is 2.38 bits per heavy atom. The highest BCUT2D eigenvalue weighted by molar-refractivity contribution is 5.58. The van der Waals surface area contributed by atoms with Crippen molar-refractivity contribution in [2.24, 2.45) is 11.8 Å². The van der Waals surface area contributed by atoms with Crippen LogP contribution in [0.25, 0.3) is 0 Å². The molecule has 0 spiro atoms. The molecular formula is C11H19NO. The summed E-state index contributed by atoms with van der Waals surface area (Å²) >= 11 is 0. The molecule has 0 bridgehead atoms. The maximum Gasteiger partial charge on any atom is 0.123 e. The first kappa shape index (κ1) is 9.20. The van der Waals surface area contributed by atoms with E-state index >= 15 is 0 Å².